The molecule has 0 spiro atoms. The summed E-state index contributed by atoms with van der Waals surface area (Å²) < 4.78 is 11.8. The lowest BCUT2D eigenvalue weighted by Crippen LogP contribution is -2.45. The summed E-state index contributed by atoms with van der Waals surface area (Å²) in [6.45, 7) is 3.69. The summed E-state index contributed by atoms with van der Waals surface area (Å²) in [6, 6.07) is 15.5. The van der Waals surface area contributed by atoms with E-state index in [4.69, 9.17) is 9.15 Å². The van der Waals surface area contributed by atoms with Crippen LogP contribution in [0, 0.1) is 6.92 Å². The molecule has 1 aliphatic heterocycles. The van der Waals surface area contributed by atoms with Gasteiger partial charge in [0.1, 0.15) is 17.6 Å². The standard InChI is InChI=1S/C26H28N2O4/c1-17-23(27-25(32-17)19-7-8-19)11-12-31-22-10-9-20-14-24(26(29)30)28(16-21(20)13-22)15-18-5-3-2-4-6-18/h2-6,9-10,13,19,24H,7-8,11-12,14-16H2,1H3,(H,29,30)/t24-/m0/s1. The first-order chi connectivity index (χ1) is 15.6. The van der Waals surface area contributed by atoms with Gasteiger partial charge in [0.2, 0.25) is 0 Å². The number of hydrogen-bond acceptors (Lipinski definition) is 5. The first kappa shape index (κ1) is 20.8. The van der Waals surface area contributed by atoms with E-state index >= 15 is 0 Å². The number of carboxylic acids is 1. The van der Waals surface area contributed by atoms with Crippen molar-refractivity contribution in [1.82, 2.24) is 9.88 Å². The highest BCUT2D eigenvalue weighted by atomic mass is 16.5. The summed E-state index contributed by atoms with van der Waals surface area (Å²) in [5.41, 5.74) is 4.30. The largest absolute Gasteiger partial charge is 0.493 e. The highest BCUT2D eigenvalue weighted by Gasteiger charge is 2.32. The van der Waals surface area contributed by atoms with Crippen LogP contribution in [0.1, 0.15) is 52.8 Å². The van der Waals surface area contributed by atoms with E-state index in [0.717, 1.165) is 39.8 Å². The van der Waals surface area contributed by atoms with Gasteiger partial charge in [-0.2, -0.15) is 0 Å². The Balaban J connectivity index is 1.25. The van der Waals surface area contributed by atoms with Gasteiger partial charge >= 0.3 is 5.97 Å². The quantitative estimate of drug-likeness (QED) is 0.565. The summed E-state index contributed by atoms with van der Waals surface area (Å²) >= 11 is 0. The molecule has 1 atom stereocenters. The zero-order valence-corrected chi connectivity index (χ0v) is 18.3. The van der Waals surface area contributed by atoms with Gasteiger partial charge in [-0.25, -0.2) is 4.98 Å². The Morgan fingerprint density at radius 2 is 2.00 bits per heavy atom. The van der Waals surface area contributed by atoms with Crippen molar-refractivity contribution < 1.29 is 19.1 Å². The molecule has 32 heavy (non-hydrogen) atoms. The maximum atomic E-state index is 11.9. The van der Waals surface area contributed by atoms with Gasteiger partial charge in [0, 0.05) is 25.4 Å². The molecule has 1 saturated carbocycles. The number of oxazole rings is 1. The minimum Gasteiger partial charge on any atom is -0.493 e. The van der Waals surface area contributed by atoms with Gasteiger partial charge < -0.3 is 14.3 Å². The highest BCUT2D eigenvalue weighted by molar-refractivity contribution is 5.74. The minimum absolute atomic E-state index is 0.500. The second kappa shape index (κ2) is 8.79. The number of aliphatic carboxylic acids is 1. The molecule has 0 radical (unpaired) electrons. The summed E-state index contributed by atoms with van der Waals surface area (Å²) in [5, 5.41) is 9.77. The molecule has 1 aliphatic carbocycles. The molecule has 1 aromatic heterocycles. The highest BCUT2D eigenvalue weighted by Crippen LogP contribution is 2.40. The Morgan fingerprint density at radius 1 is 1.19 bits per heavy atom. The third-order valence-corrected chi connectivity index (χ3v) is 6.36. The van der Waals surface area contributed by atoms with Crippen LogP contribution >= 0.6 is 0 Å². The molecule has 1 N–H and O–H groups in total. The van der Waals surface area contributed by atoms with Crippen LogP contribution in [0.4, 0.5) is 0 Å². The predicted molar refractivity (Wildman–Crippen MR) is 120 cm³/mol. The van der Waals surface area contributed by atoms with Crippen LogP contribution in [-0.2, 0) is 30.7 Å². The van der Waals surface area contributed by atoms with E-state index < -0.39 is 12.0 Å². The fraction of sp³-hybridized carbons (Fsp3) is 0.385. The Kier molecular flexibility index (Phi) is 5.70. The van der Waals surface area contributed by atoms with Gasteiger partial charge in [-0.05, 0) is 55.0 Å². The molecule has 0 unspecified atom stereocenters. The second-order valence-corrected chi connectivity index (χ2v) is 8.81. The van der Waals surface area contributed by atoms with Gasteiger partial charge in [0.25, 0.3) is 0 Å². The molecule has 1 fully saturated rings. The smallest absolute Gasteiger partial charge is 0.321 e. The lowest BCUT2D eigenvalue weighted by Gasteiger charge is -2.34. The van der Waals surface area contributed by atoms with Crippen molar-refractivity contribution in [3.05, 3.63) is 82.6 Å². The molecular weight excluding hydrogens is 404 g/mol. The average Bonchev–Trinajstić information content (AvgIpc) is 3.57. The number of rotatable bonds is 8. The van der Waals surface area contributed by atoms with Crippen molar-refractivity contribution in [1.29, 1.82) is 0 Å². The van der Waals surface area contributed by atoms with Crippen molar-refractivity contribution in [2.24, 2.45) is 0 Å². The maximum absolute atomic E-state index is 11.9. The Labute approximate surface area is 187 Å². The van der Waals surface area contributed by atoms with Gasteiger partial charge in [-0.3, -0.25) is 9.69 Å². The number of carbonyl (C=O) groups is 1. The van der Waals surface area contributed by atoms with Crippen molar-refractivity contribution in [2.75, 3.05) is 6.61 Å². The van der Waals surface area contributed by atoms with Crippen molar-refractivity contribution >= 4 is 5.97 Å². The van der Waals surface area contributed by atoms with Gasteiger partial charge in [-0.15, -0.1) is 0 Å². The fourth-order valence-electron chi connectivity index (χ4n) is 4.39. The zero-order valence-electron chi connectivity index (χ0n) is 18.3. The number of aromatic nitrogens is 1. The molecule has 2 heterocycles. The van der Waals surface area contributed by atoms with E-state index in [9.17, 15) is 9.90 Å². The van der Waals surface area contributed by atoms with Crippen LogP contribution in [-0.4, -0.2) is 33.6 Å². The van der Waals surface area contributed by atoms with E-state index in [1.54, 1.807) is 0 Å². The number of fused-ring (bicyclic) bond motifs is 1. The van der Waals surface area contributed by atoms with Crippen LogP contribution in [0.15, 0.2) is 52.9 Å². The van der Waals surface area contributed by atoms with Crippen LogP contribution < -0.4 is 4.74 Å². The Hall–Kier alpha value is -3.12. The molecule has 3 aromatic rings. The molecule has 2 aromatic carbocycles. The predicted octanol–water partition coefficient (Wildman–Crippen LogP) is 4.49. The Bertz CT molecular complexity index is 1100. The zero-order chi connectivity index (χ0) is 22.1. The van der Waals surface area contributed by atoms with E-state index in [-0.39, 0.29) is 0 Å². The van der Waals surface area contributed by atoms with Gasteiger partial charge in [-0.1, -0.05) is 36.4 Å². The third kappa shape index (κ3) is 4.55. The van der Waals surface area contributed by atoms with E-state index in [1.807, 2.05) is 54.3 Å². The lowest BCUT2D eigenvalue weighted by atomic mass is 9.93. The normalized spacial score (nSPS) is 18.3. The molecule has 6 heteroatoms. The number of hydrogen-bond donors (Lipinski definition) is 1. The fourth-order valence-corrected chi connectivity index (χ4v) is 4.39. The summed E-state index contributed by atoms with van der Waals surface area (Å²) in [4.78, 5) is 18.6. The topological polar surface area (TPSA) is 75.8 Å². The molecule has 6 nitrogen and oxygen atoms in total. The summed E-state index contributed by atoms with van der Waals surface area (Å²) in [5.74, 6) is 2.30. The summed E-state index contributed by atoms with van der Waals surface area (Å²) in [6.07, 6.45) is 3.56. The molecule has 5 rings (SSSR count). The third-order valence-electron chi connectivity index (χ3n) is 6.36. The number of aryl methyl sites for hydroxylation is 1. The molecule has 2 aliphatic rings. The molecule has 166 valence electrons. The van der Waals surface area contributed by atoms with E-state index in [1.165, 1.54) is 12.8 Å². The van der Waals surface area contributed by atoms with E-state index in [2.05, 4.69) is 11.1 Å². The Morgan fingerprint density at radius 3 is 2.75 bits per heavy atom. The van der Waals surface area contributed by atoms with Crippen molar-refractivity contribution in [2.45, 2.75) is 57.7 Å². The monoisotopic (exact) mass is 432 g/mol. The minimum atomic E-state index is -0.777. The van der Waals surface area contributed by atoms with Crippen molar-refractivity contribution in [3.63, 3.8) is 0 Å². The molecular formula is C26H28N2O4. The second-order valence-electron chi connectivity index (χ2n) is 8.81. The van der Waals surface area contributed by atoms with Crippen LogP contribution in [0.5, 0.6) is 5.75 Å². The first-order valence-electron chi connectivity index (χ1n) is 11.3. The maximum Gasteiger partial charge on any atom is 0.321 e. The molecule has 0 bridgehead atoms. The lowest BCUT2D eigenvalue weighted by molar-refractivity contribution is -0.144. The van der Waals surface area contributed by atoms with Gasteiger partial charge in [0.05, 0.1) is 12.3 Å². The van der Waals surface area contributed by atoms with Crippen LogP contribution in [0.2, 0.25) is 0 Å². The van der Waals surface area contributed by atoms with Crippen LogP contribution in [0.25, 0.3) is 0 Å². The average molecular weight is 433 g/mol. The number of nitrogens with zero attached hydrogens (tertiary/aromatic N) is 2. The number of benzene rings is 2. The number of ether oxygens (including phenoxy) is 1. The molecule has 0 amide bonds. The molecule has 0 saturated heterocycles. The van der Waals surface area contributed by atoms with Gasteiger partial charge in [0.15, 0.2) is 5.89 Å². The number of carboxylic acid groups (broad SMARTS) is 1. The first-order valence-corrected chi connectivity index (χ1v) is 11.3. The van der Waals surface area contributed by atoms with E-state index in [0.29, 0.717) is 38.5 Å². The summed E-state index contributed by atoms with van der Waals surface area (Å²) in [7, 11) is 0. The SMILES string of the molecule is Cc1oc(C2CC2)nc1CCOc1ccc2c(c1)CN(Cc1ccccc1)[C@H](C(=O)O)C2. The van der Waals surface area contributed by atoms with Crippen LogP contribution in [0.3, 0.4) is 0 Å². The van der Waals surface area contributed by atoms with Crippen molar-refractivity contribution in [3.8, 4) is 5.75 Å².